The van der Waals surface area contributed by atoms with E-state index in [1.54, 1.807) is 55.6 Å². The predicted molar refractivity (Wildman–Crippen MR) is 85.5 cm³/mol. The second-order valence-corrected chi connectivity index (χ2v) is 4.57. The maximum absolute atomic E-state index is 12.2. The number of hydrogen-bond donors (Lipinski definition) is 2. The first-order chi connectivity index (χ1) is 11.2. The Morgan fingerprint density at radius 3 is 2.26 bits per heavy atom. The van der Waals surface area contributed by atoms with Crippen molar-refractivity contribution >= 4 is 11.8 Å². The third kappa shape index (κ3) is 4.23. The normalized spacial score (nSPS) is 9.83. The molecule has 0 saturated heterocycles. The standard InChI is InChI=1S/C17H18N2O4/c1-3-23-15-7-5-4-6-14(15)17(21)19-18-16(20)12-8-10-13(22-2)11-9-12/h4-11H,3H2,1-2H3,(H,18,20)(H,19,21). The van der Waals surface area contributed by atoms with Crippen LogP contribution in [-0.4, -0.2) is 25.5 Å². The quantitative estimate of drug-likeness (QED) is 0.829. The zero-order chi connectivity index (χ0) is 16.7. The lowest BCUT2D eigenvalue weighted by molar-refractivity contribution is 0.0844. The van der Waals surface area contributed by atoms with E-state index in [1.807, 2.05) is 6.92 Å². The molecule has 2 rings (SSSR count). The first kappa shape index (κ1) is 16.4. The molecule has 0 aliphatic heterocycles. The third-order valence-electron chi connectivity index (χ3n) is 3.07. The Balaban J connectivity index is 1.99. The largest absolute Gasteiger partial charge is 0.497 e. The minimum Gasteiger partial charge on any atom is -0.497 e. The van der Waals surface area contributed by atoms with E-state index in [-0.39, 0.29) is 0 Å². The van der Waals surface area contributed by atoms with Gasteiger partial charge < -0.3 is 9.47 Å². The van der Waals surface area contributed by atoms with Crippen LogP contribution >= 0.6 is 0 Å². The molecule has 23 heavy (non-hydrogen) atoms. The Kier molecular flexibility index (Phi) is 5.57. The minimum atomic E-state index is -0.448. The van der Waals surface area contributed by atoms with Crippen molar-refractivity contribution in [3.63, 3.8) is 0 Å². The molecule has 0 saturated carbocycles. The molecule has 2 amide bonds. The molecule has 6 heteroatoms. The number of nitrogens with one attached hydrogen (secondary N) is 2. The lowest BCUT2D eigenvalue weighted by Crippen LogP contribution is -2.41. The molecular formula is C17H18N2O4. The number of hydrazine groups is 1. The monoisotopic (exact) mass is 314 g/mol. The number of hydrogen-bond acceptors (Lipinski definition) is 4. The maximum Gasteiger partial charge on any atom is 0.273 e. The van der Waals surface area contributed by atoms with Gasteiger partial charge in [0.25, 0.3) is 11.8 Å². The molecule has 0 aliphatic rings. The molecule has 0 bridgehead atoms. The van der Waals surface area contributed by atoms with Crippen LogP contribution < -0.4 is 20.3 Å². The van der Waals surface area contributed by atoms with Gasteiger partial charge in [0.15, 0.2) is 0 Å². The smallest absolute Gasteiger partial charge is 0.273 e. The van der Waals surface area contributed by atoms with Crippen molar-refractivity contribution in [2.75, 3.05) is 13.7 Å². The summed E-state index contributed by atoms with van der Waals surface area (Å²) >= 11 is 0. The number of rotatable bonds is 5. The van der Waals surface area contributed by atoms with Crippen molar-refractivity contribution < 1.29 is 19.1 Å². The average molecular weight is 314 g/mol. The van der Waals surface area contributed by atoms with E-state index in [2.05, 4.69) is 10.9 Å². The fourth-order valence-corrected chi connectivity index (χ4v) is 1.93. The van der Waals surface area contributed by atoms with E-state index in [1.165, 1.54) is 0 Å². The predicted octanol–water partition coefficient (Wildman–Crippen LogP) is 2.17. The molecule has 2 aromatic carbocycles. The molecule has 6 nitrogen and oxygen atoms in total. The highest BCUT2D eigenvalue weighted by molar-refractivity contribution is 6.00. The topological polar surface area (TPSA) is 76.7 Å². The Morgan fingerprint density at radius 2 is 1.61 bits per heavy atom. The van der Waals surface area contributed by atoms with E-state index in [9.17, 15) is 9.59 Å². The van der Waals surface area contributed by atoms with Gasteiger partial charge in [-0.05, 0) is 43.3 Å². The van der Waals surface area contributed by atoms with E-state index in [4.69, 9.17) is 9.47 Å². The van der Waals surface area contributed by atoms with E-state index in [0.29, 0.717) is 29.2 Å². The summed E-state index contributed by atoms with van der Waals surface area (Å²) in [5, 5.41) is 0. The van der Waals surface area contributed by atoms with Gasteiger partial charge in [-0.3, -0.25) is 20.4 Å². The second kappa shape index (κ2) is 7.84. The van der Waals surface area contributed by atoms with Crippen LogP contribution in [0.25, 0.3) is 0 Å². The summed E-state index contributed by atoms with van der Waals surface area (Å²) in [7, 11) is 1.55. The van der Waals surface area contributed by atoms with E-state index in [0.717, 1.165) is 0 Å². The van der Waals surface area contributed by atoms with Crippen LogP contribution in [0.15, 0.2) is 48.5 Å². The molecule has 2 aromatic rings. The average Bonchev–Trinajstić information content (AvgIpc) is 2.60. The van der Waals surface area contributed by atoms with Gasteiger partial charge in [-0.25, -0.2) is 0 Å². The highest BCUT2D eigenvalue weighted by atomic mass is 16.5. The van der Waals surface area contributed by atoms with Crippen LogP contribution in [0, 0.1) is 0 Å². The molecule has 0 heterocycles. The van der Waals surface area contributed by atoms with Crippen LogP contribution in [0.4, 0.5) is 0 Å². The Bertz CT molecular complexity index is 683. The summed E-state index contributed by atoms with van der Waals surface area (Å²) < 4.78 is 10.4. The Hall–Kier alpha value is -3.02. The maximum atomic E-state index is 12.2. The van der Waals surface area contributed by atoms with E-state index < -0.39 is 11.8 Å². The minimum absolute atomic E-state index is 0.351. The van der Waals surface area contributed by atoms with Crippen LogP contribution in [0.3, 0.4) is 0 Å². The molecule has 0 unspecified atom stereocenters. The number of carbonyl (C=O) groups excluding carboxylic acids is 2. The van der Waals surface area contributed by atoms with E-state index >= 15 is 0 Å². The molecular weight excluding hydrogens is 296 g/mol. The van der Waals surface area contributed by atoms with Crippen molar-refractivity contribution in [2.45, 2.75) is 6.92 Å². The molecule has 120 valence electrons. The number of methoxy groups -OCH3 is 1. The van der Waals surface area contributed by atoms with Crippen molar-refractivity contribution in [3.05, 3.63) is 59.7 Å². The highest BCUT2D eigenvalue weighted by Gasteiger charge is 2.13. The molecule has 0 fully saturated rings. The van der Waals surface area contributed by atoms with Crippen molar-refractivity contribution in [1.82, 2.24) is 10.9 Å². The zero-order valence-electron chi connectivity index (χ0n) is 13.0. The third-order valence-corrected chi connectivity index (χ3v) is 3.07. The lowest BCUT2D eigenvalue weighted by Gasteiger charge is -2.11. The first-order valence-corrected chi connectivity index (χ1v) is 7.12. The SMILES string of the molecule is CCOc1ccccc1C(=O)NNC(=O)c1ccc(OC)cc1. The molecule has 0 aromatic heterocycles. The van der Waals surface area contributed by atoms with Gasteiger partial charge in [0.2, 0.25) is 0 Å². The summed E-state index contributed by atoms with van der Waals surface area (Å²) in [5.41, 5.74) is 5.50. The fourth-order valence-electron chi connectivity index (χ4n) is 1.93. The highest BCUT2D eigenvalue weighted by Crippen LogP contribution is 2.17. The molecule has 2 N–H and O–H groups in total. The van der Waals surface area contributed by atoms with Gasteiger partial charge in [-0.1, -0.05) is 12.1 Å². The van der Waals surface area contributed by atoms with Gasteiger partial charge in [0.1, 0.15) is 11.5 Å². The summed E-state index contributed by atoms with van der Waals surface area (Å²) in [6.07, 6.45) is 0. The summed E-state index contributed by atoms with van der Waals surface area (Å²) in [6, 6.07) is 13.4. The Labute approximate surface area is 134 Å². The number of ether oxygens (including phenoxy) is 2. The first-order valence-electron chi connectivity index (χ1n) is 7.12. The van der Waals surface area contributed by atoms with Gasteiger partial charge in [0, 0.05) is 5.56 Å². The number of carbonyl (C=O) groups is 2. The summed E-state index contributed by atoms with van der Waals surface area (Å²) in [6.45, 7) is 2.28. The van der Waals surface area contributed by atoms with Crippen molar-refractivity contribution in [3.8, 4) is 11.5 Å². The van der Waals surface area contributed by atoms with Crippen LogP contribution in [-0.2, 0) is 0 Å². The van der Waals surface area contributed by atoms with Crippen LogP contribution in [0.1, 0.15) is 27.6 Å². The fraction of sp³-hybridized carbons (Fsp3) is 0.176. The molecule has 0 radical (unpaired) electrons. The van der Waals surface area contributed by atoms with Gasteiger partial charge in [0.05, 0.1) is 19.3 Å². The Morgan fingerprint density at radius 1 is 0.957 bits per heavy atom. The van der Waals surface area contributed by atoms with Crippen LogP contribution in [0.5, 0.6) is 11.5 Å². The number of amides is 2. The zero-order valence-corrected chi connectivity index (χ0v) is 13.0. The van der Waals surface area contributed by atoms with Crippen molar-refractivity contribution in [1.29, 1.82) is 0 Å². The number of para-hydroxylation sites is 1. The second-order valence-electron chi connectivity index (χ2n) is 4.57. The molecule has 0 aliphatic carbocycles. The van der Waals surface area contributed by atoms with Crippen LogP contribution in [0.2, 0.25) is 0 Å². The van der Waals surface area contributed by atoms with Gasteiger partial charge >= 0.3 is 0 Å². The summed E-state index contributed by atoms with van der Waals surface area (Å²) in [5.74, 6) is 0.244. The van der Waals surface area contributed by atoms with Crippen molar-refractivity contribution in [2.24, 2.45) is 0 Å². The van der Waals surface area contributed by atoms with Gasteiger partial charge in [-0.2, -0.15) is 0 Å². The summed E-state index contributed by atoms with van der Waals surface area (Å²) in [4.78, 5) is 24.1. The molecule has 0 spiro atoms. The van der Waals surface area contributed by atoms with Gasteiger partial charge in [-0.15, -0.1) is 0 Å². The molecule has 0 atom stereocenters. The lowest BCUT2D eigenvalue weighted by atomic mass is 10.2. The number of benzene rings is 2.